The van der Waals surface area contributed by atoms with Gasteiger partial charge in [0.15, 0.2) is 0 Å². The highest BCUT2D eigenvalue weighted by Crippen LogP contribution is 2.29. The minimum Gasteiger partial charge on any atom is -0.366 e. The highest BCUT2D eigenvalue weighted by atomic mass is 32.2. The average Bonchev–Trinajstić information content (AvgIpc) is 2.28. The SMILES string of the molecule is CSCC(C)N(C)c1ccc(F)cc1[N+](=O)[O-]. The van der Waals surface area contributed by atoms with Crippen molar-refractivity contribution in [3.63, 3.8) is 0 Å². The van der Waals surface area contributed by atoms with Crippen molar-refractivity contribution in [1.29, 1.82) is 0 Å². The molecule has 94 valence electrons. The van der Waals surface area contributed by atoms with Crippen LogP contribution in [0.5, 0.6) is 0 Å². The van der Waals surface area contributed by atoms with E-state index in [9.17, 15) is 14.5 Å². The number of hydrogen-bond acceptors (Lipinski definition) is 4. The van der Waals surface area contributed by atoms with Gasteiger partial charge in [0.25, 0.3) is 5.69 Å². The van der Waals surface area contributed by atoms with Crippen molar-refractivity contribution in [3.05, 3.63) is 34.1 Å². The number of rotatable bonds is 5. The molecular formula is C11H15FN2O2S. The summed E-state index contributed by atoms with van der Waals surface area (Å²) in [4.78, 5) is 12.1. The standard InChI is InChI=1S/C11H15FN2O2S/c1-8(7-17-3)13(2)10-5-4-9(12)6-11(10)14(15)16/h4-6,8H,7H2,1-3H3. The molecule has 1 atom stereocenters. The fraction of sp³-hybridized carbons (Fsp3) is 0.455. The molecule has 1 aromatic rings. The van der Waals surface area contributed by atoms with E-state index in [-0.39, 0.29) is 11.7 Å². The highest BCUT2D eigenvalue weighted by molar-refractivity contribution is 7.98. The molecule has 0 aliphatic rings. The summed E-state index contributed by atoms with van der Waals surface area (Å²) < 4.78 is 13.0. The zero-order chi connectivity index (χ0) is 13.0. The fourth-order valence-electron chi connectivity index (χ4n) is 1.53. The Morgan fingerprint density at radius 3 is 2.76 bits per heavy atom. The molecule has 0 saturated heterocycles. The lowest BCUT2D eigenvalue weighted by Gasteiger charge is -2.26. The molecule has 0 fully saturated rings. The van der Waals surface area contributed by atoms with Gasteiger partial charge >= 0.3 is 0 Å². The van der Waals surface area contributed by atoms with Crippen LogP contribution in [0.4, 0.5) is 15.8 Å². The number of halogens is 1. The quantitative estimate of drug-likeness (QED) is 0.602. The molecule has 0 radical (unpaired) electrons. The van der Waals surface area contributed by atoms with Gasteiger partial charge in [-0.25, -0.2) is 4.39 Å². The van der Waals surface area contributed by atoms with Gasteiger partial charge in [0.1, 0.15) is 11.5 Å². The molecule has 6 heteroatoms. The molecule has 0 amide bonds. The number of nitrogens with zero attached hydrogens (tertiary/aromatic N) is 2. The van der Waals surface area contributed by atoms with Crippen molar-refractivity contribution in [2.45, 2.75) is 13.0 Å². The monoisotopic (exact) mass is 258 g/mol. The summed E-state index contributed by atoms with van der Waals surface area (Å²) in [6, 6.07) is 3.79. The lowest BCUT2D eigenvalue weighted by atomic mass is 10.2. The third kappa shape index (κ3) is 3.33. The molecule has 0 aromatic heterocycles. The summed E-state index contributed by atoms with van der Waals surface area (Å²) in [6.45, 7) is 1.98. The maximum absolute atomic E-state index is 13.0. The van der Waals surface area contributed by atoms with Gasteiger partial charge in [-0.1, -0.05) is 0 Å². The first kappa shape index (κ1) is 13.8. The third-order valence-electron chi connectivity index (χ3n) is 2.58. The Hall–Kier alpha value is -1.30. The van der Waals surface area contributed by atoms with Crippen LogP contribution in [-0.4, -0.2) is 30.0 Å². The molecule has 17 heavy (non-hydrogen) atoms. The molecule has 4 nitrogen and oxygen atoms in total. The van der Waals surface area contributed by atoms with Crippen molar-refractivity contribution in [2.75, 3.05) is 24.0 Å². The van der Waals surface area contributed by atoms with Gasteiger partial charge < -0.3 is 4.90 Å². The first-order chi connectivity index (χ1) is 7.97. The van der Waals surface area contributed by atoms with E-state index in [4.69, 9.17) is 0 Å². The van der Waals surface area contributed by atoms with Crippen molar-refractivity contribution < 1.29 is 9.31 Å². The minimum atomic E-state index is -0.591. The number of nitro benzene ring substituents is 1. The Labute approximate surface area is 104 Å². The van der Waals surface area contributed by atoms with E-state index in [1.165, 1.54) is 12.1 Å². The van der Waals surface area contributed by atoms with E-state index in [2.05, 4.69) is 0 Å². The molecule has 0 spiro atoms. The summed E-state index contributed by atoms with van der Waals surface area (Å²) in [6.07, 6.45) is 1.98. The minimum absolute atomic E-state index is 0.147. The zero-order valence-corrected chi connectivity index (χ0v) is 10.8. The van der Waals surface area contributed by atoms with Crippen molar-refractivity contribution in [2.24, 2.45) is 0 Å². The second-order valence-electron chi connectivity index (χ2n) is 3.81. The van der Waals surface area contributed by atoms with E-state index in [0.717, 1.165) is 11.8 Å². The number of hydrogen-bond donors (Lipinski definition) is 0. The highest BCUT2D eigenvalue weighted by Gasteiger charge is 2.20. The van der Waals surface area contributed by atoms with Crippen LogP contribution in [-0.2, 0) is 0 Å². The fourth-order valence-corrected chi connectivity index (χ4v) is 2.24. The second-order valence-corrected chi connectivity index (χ2v) is 4.72. The second kappa shape index (κ2) is 5.86. The van der Waals surface area contributed by atoms with Crippen LogP contribution in [0, 0.1) is 15.9 Å². The van der Waals surface area contributed by atoms with E-state index in [1.807, 2.05) is 13.2 Å². The lowest BCUT2D eigenvalue weighted by Crippen LogP contribution is -2.31. The summed E-state index contributed by atoms with van der Waals surface area (Å²) >= 11 is 1.66. The maximum Gasteiger partial charge on any atom is 0.295 e. The molecular weight excluding hydrogens is 243 g/mol. The molecule has 1 rings (SSSR count). The van der Waals surface area contributed by atoms with Gasteiger partial charge in [0.2, 0.25) is 0 Å². The molecule has 0 N–H and O–H groups in total. The summed E-state index contributed by atoms with van der Waals surface area (Å²) in [5.41, 5.74) is 0.249. The van der Waals surface area contributed by atoms with Crippen LogP contribution >= 0.6 is 11.8 Å². The molecule has 1 unspecified atom stereocenters. The number of thioether (sulfide) groups is 1. The molecule has 0 aliphatic carbocycles. The smallest absolute Gasteiger partial charge is 0.295 e. The van der Waals surface area contributed by atoms with E-state index >= 15 is 0 Å². The zero-order valence-electron chi connectivity index (χ0n) is 10.0. The van der Waals surface area contributed by atoms with E-state index < -0.39 is 10.7 Å². The van der Waals surface area contributed by atoms with E-state index in [1.54, 1.807) is 23.7 Å². The van der Waals surface area contributed by atoms with Crippen LogP contribution in [0.3, 0.4) is 0 Å². The van der Waals surface area contributed by atoms with Crippen molar-refractivity contribution >= 4 is 23.1 Å². The largest absolute Gasteiger partial charge is 0.366 e. The normalized spacial score (nSPS) is 12.2. The Balaban J connectivity index is 3.08. The van der Waals surface area contributed by atoms with Gasteiger partial charge in [0.05, 0.1) is 11.0 Å². The van der Waals surface area contributed by atoms with Crippen LogP contribution in [0.25, 0.3) is 0 Å². The van der Waals surface area contributed by atoms with Crippen LogP contribution in [0.2, 0.25) is 0 Å². The predicted molar refractivity (Wildman–Crippen MR) is 69.3 cm³/mol. The summed E-state index contributed by atoms with van der Waals surface area (Å²) in [7, 11) is 1.78. The molecule has 0 aliphatic heterocycles. The number of nitro groups is 1. The maximum atomic E-state index is 13.0. The Morgan fingerprint density at radius 1 is 1.59 bits per heavy atom. The van der Waals surface area contributed by atoms with Gasteiger partial charge in [-0.3, -0.25) is 10.1 Å². The number of anilines is 1. The average molecular weight is 258 g/mol. The van der Waals surface area contributed by atoms with Gasteiger partial charge in [-0.2, -0.15) is 11.8 Å². The predicted octanol–water partition coefficient (Wildman–Crippen LogP) is 2.92. The topological polar surface area (TPSA) is 46.4 Å². The summed E-state index contributed by atoms with van der Waals surface area (Å²) in [5.74, 6) is 0.261. The van der Waals surface area contributed by atoms with Crippen molar-refractivity contribution in [3.8, 4) is 0 Å². The first-order valence-electron chi connectivity index (χ1n) is 5.13. The molecule has 1 aromatic carbocycles. The van der Waals surface area contributed by atoms with Gasteiger partial charge in [-0.05, 0) is 25.3 Å². The van der Waals surface area contributed by atoms with Crippen molar-refractivity contribution in [1.82, 2.24) is 0 Å². The third-order valence-corrected chi connectivity index (χ3v) is 3.40. The lowest BCUT2D eigenvalue weighted by molar-refractivity contribution is -0.384. The Bertz CT molecular complexity index is 414. The van der Waals surface area contributed by atoms with Crippen LogP contribution < -0.4 is 4.90 Å². The summed E-state index contributed by atoms with van der Waals surface area (Å²) in [5, 5.41) is 10.9. The van der Waals surface area contributed by atoms with Crippen LogP contribution in [0.15, 0.2) is 18.2 Å². The van der Waals surface area contributed by atoms with Gasteiger partial charge in [0, 0.05) is 18.8 Å². The molecule has 0 heterocycles. The van der Waals surface area contributed by atoms with Crippen LogP contribution in [0.1, 0.15) is 6.92 Å². The Morgan fingerprint density at radius 2 is 2.24 bits per heavy atom. The number of benzene rings is 1. The van der Waals surface area contributed by atoms with Gasteiger partial charge in [-0.15, -0.1) is 0 Å². The molecule has 0 saturated carbocycles. The first-order valence-corrected chi connectivity index (χ1v) is 6.52. The Kier molecular flexibility index (Phi) is 4.74. The van der Waals surface area contributed by atoms with E-state index in [0.29, 0.717) is 5.69 Å². The molecule has 0 bridgehead atoms.